The van der Waals surface area contributed by atoms with Crippen molar-refractivity contribution in [1.82, 2.24) is 0 Å². The van der Waals surface area contributed by atoms with Crippen molar-refractivity contribution in [2.45, 2.75) is 11.4 Å². The third kappa shape index (κ3) is 6.61. The van der Waals surface area contributed by atoms with Crippen LogP contribution in [0.2, 0.25) is 5.02 Å². The second-order valence-corrected chi connectivity index (χ2v) is 11.8. The fourth-order valence-electron chi connectivity index (χ4n) is 4.55. The van der Waals surface area contributed by atoms with E-state index in [1.807, 2.05) is 30.3 Å². The number of nitrogens with zero attached hydrogens (tertiary/aromatic N) is 1. The Labute approximate surface area is 255 Å². The predicted octanol–water partition coefficient (Wildman–Crippen LogP) is 7.23. The Bertz CT molecular complexity index is 1860. The number of para-hydroxylation sites is 1. The minimum absolute atomic E-state index is 0.0296. The van der Waals surface area contributed by atoms with Gasteiger partial charge >= 0.3 is 0 Å². The molecule has 0 aliphatic heterocycles. The van der Waals surface area contributed by atoms with E-state index in [2.05, 4.69) is 5.32 Å². The molecular weight excluding hydrogens is 584 g/mol. The van der Waals surface area contributed by atoms with E-state index in [0.717, 1.165) is 5.56 Å². The SMILES string of the molecule is COc1ccc(S(=O)(=O)N(Cc2ccccc2)c2ccccc2C(=O)Nc2ccc(Cl)cc2C(=O)c2ccccc2)cc1. The highest BCUT2D eigenvalue weighted by molar-refractivity contribution is 7.92. The molecule has 0 bridgehead atoms. The zero-order valence-corrected chi connectivity index (χ0v) is 24.7. The van der Waals surface area contributed by atoms with E-state index < -0.39 is 15.9 Å². The van der Waals surface area contributed by atoms with Gasteiger partial charge in [0.25, 0.3) is 15.9 Å². The van der Waals surface area contributed by atoms with E-state index in [9.17, 15) is 18.0 Å². The van der Waals surface area contributed by atoms with Gasteiger partial charge in [0.2, 0.25) is 0 Å². The molecule has 0 aliphatic rings. The third-order valence-corrected chi connectivity index (χ3v) is 8.75. The van der Waals surface area contributed by atoms with Crippen molar-refractivity contribution in [2.75, 3.05) is 16.7 Å². The van der Waals surface area contributed by atoms with E-state index in [0.29, 0.717) is 16.3 Å². The molecule has 0 atom stereocenters. The number of ketones is 1. The van der Waals surface area contributed by atoms with E-state index in [4.69, 9.17) is 16.3 Å². The largest absolute Gasteiger partial charge is 0.497 e. The Balaban J connectivity index is 1.56. The molecule has 0 unspecified atom stereocenters. The minimum Gasteiger partial charge on any atom is -0.497 e. The number of methoxy groups -OCH3 is 1. The third-order valence-electron chi connectivity index (χ3n) is 6.74. The van der Waals surface area contributed by atoms with Crippen LogP contribution in [0.3, 0.4) is 0 Å². The Kier molecular flexibility index (Phi) is 8.90. The summed E-state index contributed by atoms with van der Waals surface area (Å²) in [5.41, 5.74) is 1.87. The van der Waals surface area contributed by atoms with E-state index in [1.165, 1.54) is 29.6 Å². The highest BCUT2D eigenvalue weighted by Gasteiger charge is 2.29. The predicted molar refractivity (Wildman–Crippen MR) is 169 cm³/mol. The average molecular weight is 611 g/mol. The number of ether oxygens (including phenoxy) is 1. The van der Waals surface area contributed by atoms with E-state index in [-0.39, 0.29) is 39.7 Å². The summed E-state index contributed by atoms with van der Waals surface area (Å²) in [6.45, 7) is -0.0296. The van der Waals surface area contributed by atoms with Crippen LogP contribution < -0.4 is 14.4 Å². The number of anilines is 2. The highest BCUT2D eigenvalue weighted by atomic mass is 35.5. The summed E-state index contributed by atoms with van der Waals surface area (Å²) in [5, 5.41) is 3.14. The number of hydrogen-bond acceptors (Lipinski definition) is 5. The van der Waals surface area contributed by atoms with Crippen LogP contribution in [-0.2, 0) is 16.6 Å². The van der Waals surface area contributed by atoms with Crippen molar-refractivity contribution in [2.24, 2.45) is 0 Å². The summed E-state index contributed by atoms with van der Waals surface area (Å²) in [6, 6.07) is 34.9. The molecule has 0 heterocycles. The Morgan fingerprint density at radius 1 is 0.767 bits per heavy atom. The van der Waals surface area contributed by atoms with Crippen molar-refractivity contribution in [3.63, 3.8) is 0 Å². The maximum absolute atomic E-state index is 14.1. The van der Waals surface area contributed by atoms with Crippen LogP contribution in [0.15, 0.2) is 132 Å². The number of hydrogen-bond donors (Lipinski definition) is 1. The normalized spacial score (nSPS) is 11.0. The van der Waals surface area contributed by atoms with Gasteiger partial charge in [0.15, 0.2) is 5.78 Å². The smallest absolute Gasteiger partial charge is 0.264 e. The number of nitrogens with one attached hydrogen (secondary N) is 1. The van der Waals surface area contributed by atoms with Crippen LogP contribution in [-0.4, -0.2) is 27.2 Å². The number of rotatable bonds is 10. The van der Waals surface area contributed by atoms with Crippen molar-refractivity contribution < 1.29 is 22.7 Å². The second kappa shape index (κ2) is 12.9. The van der Waals surface area contributed by atoms with Crippen molar-refractivity contribution in [1.29, 1.82) is 0 Å². The molecule has 0 saturated carbocycles. The van der Waals surface area contributed by atoms with Gasteiger partial charge in [0.1, 0.15) is 5.75 Å². The lowest BCUT2D eigenvalue weighted by Gasteiger charge is -2.27. The fraction of sp³-hybridized carbons (Fsp3) is 0.0588. The van der Waals surface area contributed by atoms with Gasteiger partial charge in [-0.2, -0.15) is 0 Å². The summed E-state index contributed by atoms with van der Waals surface area (Å²) in [7, 11) is -2.64. The molecule has 5 aromatic rings. The number of amides is 1. The molecule has 216 valence electrons. The molecule has 0 aromatic heterocycles. The van der Waals surface area contributed by atoms with Gasteiger partial charge in [-0.05, 0) is 60.2 Å². The van der Waals surface area contributed by atoms with Gasteiger partial charge in [0.05, 0.1) is 35.5 Å². The second-order valence-electron chi connectivity index (χ2n) is 9.53. The first-order chi connectivity index (χ1) is 20.8. The molecule has 0 saturated heterocycles. The quantitative estimate of drug-likeness (QED) is 0.168. The maximum Gasteiger partial charge on any atom is 0.264 e. The summed E-state index contributed by atoms with van der Waals surface area (Å²) in [4.78, 5) is 27.2. The van der Waals surface area contributed by atoms with Gasteiger partial charge in [-0.1, -0.05) is 84.4 Å². The number of carbonyl (C=O) groups is 2. The van der Waals surface area contributed by atoms with Crippen LogP contribution in [0.5, 0.6) is 5.75 Å². The van der Waals surface area contributed by atoms with Gasteiger partial charge in [-0.15, -0.1) is 0 Å². The molecule has 0 aliphatic carbocycles. The lowest BCUT2D eigenvalue weighted by molar-refractivity contribution is 0.102. The number of carbonyl (C=O) groups excluding carboxylic acids is 2. The molecule has 0 radical (unpaired) electrons. The van der Waals surface area contributed by atoms with Crippen LogP contribution in [0.1, 0.15) is 31.8 Å². The lowest BCUT2D eigenvalue weighted by Crippen LogP contribution is -2.32. The zero-order valence-electron chi connectivity index (χ0n) is 23.1. The molecule has 0 fully saturated rings. The summed E-state index contributed by atoms with van der Waals surface area (Å²) in [5.74, 6) is -0.403. The Morgan fingerprint density at radius 3 is 2.07 bits per heavy atom. The first-order valence-electron chi connectivity index (χ1n) is 13.3. The lowest BCUT2D eigenvalue weighted by atomic mass is 10.0. The molecule has 1 amide bonds. The van der Waals surface area contributed by atoms with Gasteiger partial charge in [-0.25, -0.2) is 8.42 Å². The van der Waals surface area contributed by atoms with Crippen LogP contribution >= 0.6 is 11.6 Å². The first-order valence-corrected chi connectivity index (χ1v) is 15.1. The van der Waals surface area contributed by atoms with E-state index >= 15 is 0 Å². The molecular formula is C34H27ClN2O5S. The standard InChI is InChI=1S/C34H27ClN2O5S/c1-42-27-17-19-28(20-18-27)43(40,41)37(23-24-10-4-2-5-11-24)32-15-9-8-14-29(32)34(39)36-31-21-16-26(35)22-30(31)33(38)25-12-6-3-7-13-25/h2-22H,23H2,1H3,(H,36,39). The molecule has 43 heavy (non-hydrogen) atoms. The van der Waals surface area contributed by atoms with Crippen LogP contribution in [0.25, 0.3) is 0 Å². The van der Waals surface area contributed by atoms with Crippen LogP contribution in [0.4, 0.5) is 11.4 Å². The topological polar surface area (TPSA) is 92.8 Å². The summed E-state index contributed by atoms with van der Waals surface area (Å²) in [6.07, 6.45) is 0. The van der Waals surface area contributed by atoms with Crippen molar-refractivity contribution in [3.8, 4) is 5.75 Å². The van der Waals surface area contributed by atoms with E-state index in [1.54, 1.807) is 78.9 Å². The zero-order chi connectivity index (χ0) is 30.4. The van der Waals surface area contributed by atoms with Gasteiger partial charge in [0, 0.05) is 16.1 Å². The molecule has 0 spiro atoms. The fourth-order valence-corrected chi connectivity index (χ4v) is 6.20. The Morgan fingerprint density at radius 2 is 1.40 bits per heavy atom. The number of sulfonamides is 1. The molecule has 5 rings (SSSR count). The molecule has 1 N–H and O–H groups in total. The van der Waals surface area contributed by atoms with Crippen molar-refractivity contribution >= 4 is 44.7 Å². The molecule has 9 heteroatoms. The molecule has 7 nitrogen and oxygen atoms in total. The Hall–Kier alpha value is -4.92. The summed E-state index contributed by atoms with van der Waals surface area (Å²) >= 11 is 6.23. The minimum atomic E-state index is -4.14. The van der Waals surface area contributed by atoms with Crippen molar-refractivity contribution in [3.05, 3.63) is 155 Å². The summed E-state index contributed by atoms with van der Waals surface area (Å²) < 4.78 is 34.6. The highest BCUT2D eigenvalue weighted by Crippen LogP contribution is 2.31. The number of benzene rings is 5. The van der Waals surface area contributed by atoms with Gasteiger partial charge < -0.3 is 10.1 Å². The van der Waals surface area contributed by atoms with Crippen LogP contribution in [0, 0.1) is 0 Å². The number of halogens is 1. The molecule has 5 aromatic carbocycles. The maximum atomic E-state index is 14.1. The average Bonchev–Trinajstić information content (AvgIpc) is 3.05. The van der Waals surface area contributed by atoms with Gasteiger partial charge in [-0.3, -0.25) is 13.9 Å². The monoisotopic (exact) mass is 610 g/mol. The first kappa shape index (κ1) is 29.6.